The van der Waals surface area contributed by atoms with Crippen molar-refractivity contribution in [1.82, 2.24) is 15.0 Å². The number of hydrogen-bond acceptors (Lipinski definition) is 6. The summed E-state index contributed by atoms with van der Waals surface area (Å²) in [5.41, 5.74) is 3.89. The van der Waals surface area contributed by atoms with Gasteiger partial charge in [-0.15, -0.1) is 0 Å². The summed E-state index contributed by atoms with van der Waals surface area (Å²) < 4.78 is 14.6. The molecule has 2 aromatic carbocycles. The maximum absolute atomic E-state index is 14.6. The first-order valence-electron chi connectivity index (χ1n) is 11.0. The van der Waals surface area contributed by atoms with Crippen LogP contribution in [-0.2, 0) is 6.54 Å². The van der Waals surface area contributed by atoms with E-state index in [4.69, 9.17) is 11.6 Å². The van der Waals surface area contributed by atoms with E-state index in [0.717, 1.165) is 59.9 Å². The van der Waals surface area contributed by atoms with Crippen molar-refractivity contribution >= 4 is 45.6 Å². The fourth-order valence-electron chi connectivity index (χ4n) is 4.06. The van der Waals surface area contributed by atoms with Gasteiger partial charge in [-0.25, -0.2) is 9.37 Å². The van der Waals surface area contributed by atoms with Crippen molar-refractivity contribution in [2.45, 2.75) is 26.3 Å². The van der Waals surface area contributed by atoms with Crippen LogP contribution >= 0.6 is 11.6 Å². The SMILES string of the molecule is Cc1cc(NCc2cc(Nc3ccnc4cc(Cl)ccc34)ccc2F)nc(N2CCCC2)n1. The van der Waals surface area contributed by atoms with Crippen LogP contribution in [0.25, 0.3) is 10.9 Å². The smallest absolute Gasteiger partial charge is 0.227 e. The lowest BCUT2D eigenvalue weighted by Gasteiger charge is -2.17. The summed E-state index contributed by atoms with van der Waals surface area (Å²) in [6.07, 6.45) is 4.04. The third-order valence-corrected chi connectivity index (χ3v) is 5.96. The lowest BCUT2D eigenvalue weighted by molar-refractivity contribution is 0.613. The molecule has 33 heavy (non-hydrogen) atoms. The number of benzene rings is 2. The highest BCUT2D eigenvalue weighted by molar-refractivity contribution is 6.31. The molecule has 0 spiro atoms. The van der Waals surface area contributed by atoms with Crippen molar-refractivity contribution in [2.24, 2.45) is 0 Å². The van der Waals surface area contributed by atoms with Gasteiger partial charge in [-0.2, -0.15) is 4.98 Å². The summed E-state index contributed by atoms with van der Waals surface area (Å²) in [7, 11) is 0. The molecule has 1 fully saturated rings. The number of fused-ring (bicyclic) bond motifs is 1. The second-order valence-corrected chi connectivity index (χ2v) is 8.63. The van der Waals surface area contributed by atoms with Gasteiger partial charge in [0.1, 0.15) is 11.6 Å². The van der Waals surface area contributed by atoms with Crippen LogP contribution < -0.4 is 15.5 Å². The standard InChI is InChI=1S/C25H24ClFN6/c1-16-12-24(32-25(30-16)33-10-2-3-11-33)29-15-17-13-19(5-7-21(17)27)31-22-8-9-28-23-14-18(26)4-6-20(22)23/h4-9,12-14H,2-3,10-11,15H2,1H3,(H,28,31)(H,29,30,32). The minimum atomic E-state index is -0.273. The largest absolute Gasteiger partial charge is 0.366 e. The van der Waals surface area contributed by atoms with Gasteiger partial charge in [-0.3, -0.25) is 4.98 Å². The van der Waals surface area contributed by atoms with Gasteiger partial charge in [0.05, 0.1) is 5.52 Å². The molecule has 1 saturated heterocycles. The van der Waals surface area contributed by atoms with Crippen molar-refractivity contribution in [3.05, 3.63) is 76.8 Å². The van der Waals surface area contributed by atoms with Gasteiger partial charge in [0.2, 0.25) is 5.95 Å². The second kappa shape index (κ2) is 9.19. The van der Waals surface area contributed by atoms with Gasteiger partial charge in [0.25, 0.3) is 0 Å². The zero-order chi connectivity index (χ0) is 22.8. The van der Waals surface area contributed by atoms with Crippen LogP contribution in [0.2, 0.25) is 5.02 Å². The number of rotatable bonds is 6. The van der Waals surface area contributed by atoms with Crippen LogP contribution in [0.15, 0.2) is 54.7 Å². The molecule has 0 radical (unpaired) electrons. The Hall–Kier alpha value is -3.45. The van der Waals surface area contributed by atoms with Gasteiger partial charge in [0.15, 0.2) is 0 Å². The topological polar surface area (TPSA) is 66.0 Å². The number of nitrogens with one attached hydrogen (secondary N) is 2. The van der Waals surface area contributed by atoms with Crippen LogP contribution in [0.4, 0.5) is 27.5 Å². The van der Waals surface area contributed by atoms with Gasteiger partial charge < -0.3 is 15.5 Å². The lowest BCUT2D eigenvalue weighted by atomic mass is 10.1. The molecule has 6 nitrogen and oxygen atoms in total. The Bertz CT molecular complexity index is 1310. The summed E-state index contributed by atoms with van der Waals surface area (Å²) in [5, 5.41) is 8.22. The van der Waals surface area contributed by atoms with E-state index in [1.54, 1.807) is 18.3 Å². The predicted molar refractivity (Wildman–Crippen MR) is 132 cm³/mol. The number of anilines is 4. The maximum atomic E-state index is 14.6. The van der Waals surface area contributed by atoms with Crippen molar-refractivity contribution in [3.63, 3.8) is 0 Å². The van der Waals surface area contributed by atoms with Gasteiger partial charge in [-0.05, 0) is 62.2 Å². The molecule has 0 amide bonds. The number of halogens is 2. The van der Waals surface area contributed by atoms with E-state index in [-0.39, 0.29) is 5.82 Å². The molecule has 2 aromatic heterocycles. The Morgan fingerprint density at radius 1 is 1.03 bits per heavy atom. The number of aryl methyl sites for hydroxylation is 1. The molecule has 0 aliphatic carbocycles. The molecule has 168 valence electrons. The summed E-state index contributed by atoms with van der Waals surface area (Å²) in [4.78, 5) is 15.8. The molecule has 1 aliphatic heterocycles. The lowest BCUT2D eigenvalue weighted by Crippen LogP contribution is -2.21. The number of aromatic nitrogens is 3. The Morgan fingerprint density at radius 2 is 1.88 bits per heavy atom. The summed E-state index contributed by atoms with van der Waals surface area (Å²) in [6, 6.07) is 14.4. The molecule has 8 heteroatoms. The average Bonchev–Trinajstić information content (AvgIpc) is 3.34. The van der Waals surface area contributed by atoms with Gasteiger partial charge >= 0.3 is 0 Å². The number of nitrogens with zero attached hydrogens (tertiary/aromatic N) is 4. The average molecular weight is 463 g/mol. The fraction of sp³-hybridized carbons (Fsp3) is 0.240. The third-order valence-electron chi connectivity index (χ3n) is 5.72. The molecule has 3 heterocycles. The van der Waals surface area contributed by atoms with Crippen molar-refractivity contribution in [3.8, 4) is 0 Å². The van der Waals surface area contributed by atoms with E-state index in [1.165, 1.54) is 6.07 Å². The van der Waals surface area contributed by atoms with Gasteiger partial charge in [0, 0.05) is 64.9 Å². The van der Waals surface area contributed by atoms with E-state index >= 15 is 0 Å². The Balaban J connectivity index is 1.35. The summed E-state index contributed by atoms with van der Waals surface area (Å²) in [5.74, 6) is 1.15. The maximum Gasteiger partial charge on any atom is 0.227 e. The molecule has 0 atom stereocenters. The summed E-state index contributed by atoms with van der Waals surface area (Å²) in [6.45, 7) is 4.20. The second-order valence-electron chi connectivity index (χ2n) is 8.19. The number of pyridine rings is 1. The van der Waals surface area contributed by atoms with E-state index in [0.29, 0.717) is 22.9 Å². The third kappa shape index (κ3) is 4.83. The highest BCUT2D eigenvalue weighted by Gasteiger charge is 2.16. The minimum Gasteiger partial charge on any atom is -0.366 e. The van der Waals surface area contributed by atoms with E-state index in [1.807, 2.05) is 37.3 Å². The molecule has 4 aromatic rings. The fourth-order valence-corrected chi connectivity index (χ4v) is 4.23. The highest BCUT2D eigenvalue weighted by Crippen LogP contribution is 2.28. The van der Waals surface area contributed by atoms with Crippen molar-refractivity contribution in [1.29, 1.82) is 0 Å². The normalized spacial score (nSPS) is 13.5. The Morgan fingerprint density at radius 3 is 2.73 bits per heavy atom. The molecule has 0 bridgehead atoms. The van der Waals surface area contributed by atoms with Crippen molar-refractivity contribution in [2.75, 3.05) is 28.6 Å². The highest BCUT2D eigenvalue weighted by atomic mass is 35.5. The molecule has 5 rings (SSSR count). The molecular weight excluding hydrogens is 439 g/mol. The van der Waals surface area contributed by atoms with E-state index in [2.05, 4.69) is 30.5 Å². The monoisotopic (exact) mass is 462 g/mol. The summed E-state index contributed by atoms with van der Waals surface area (Å²) >= 11 is 6.09. The van der Waals surface area contributed by atoms with Crippen LogP contribution in [0.5, 0.6) is 0 Å². The van der Waals surface area contributed by atoms with Crippen molar-refractivity contribution < 1.29 is 4.39 Å². The Kier molecular flexibility index (Phi) is 5.96. The van der Waals surface area contributed by atoms with Gasteiger partial charge in [-0.1, -0.05) is 11.6 Å². The first kappa shape index (κ1) is 21.4. The first-order chi connectivity index (χ1) is 16.0. The van der Waals surface area contributed by atoms with E-state index in [9.17, 15) is 4.39 Å². The van der Waals surface area contributed by atoms with E-state index < -0.39 is 0 Å². The Labute approximate surface area is 196 Å². The molecule has 0 unspecified atom stereocenters. The predicted octanol–water partition coefficient (Wildman–Crippen LogP) is 6.08. The zero-order valence-corrected chi connectivity index (χ0v) is 19.0. The zero-order valence-electron chi connectivity index (χ0n) is 18.3. The van der Waals surface area contributed by atoms with Crippen LogP contribution in [0.1, 0.15) is 24.1 Å². The van der Waals surface area contributed by atoms with Crippen LogP contribution in [0, 0.1) is 12.7 Å². The van der Waals surface area contributed by atoms with Crippen LogP contribution in [0.3, 0.4) is 0 Å². The molecule has 2 N–H and O–H groups in total. The quantitative estimate of drug-likeness (QED) is 0.362. The molecule has 1 aliphatic rings. The molecular formula is C25H24ClFN6. The minimum absolute atomic E-state index is 0.273. The first-order valence-corrected chi connectivity index (χ1v) is 11.4. The number of hydrogen-bond donors (Lipinski definition) is 2. The van der Waals surface area contributed by atoms with Crippen LogP contribution in [-0.4, -0.2) is 28.0 Å². The molecule has 0 saturated carbocycles.